The lowest BCUT2D eigenvalue weighted by molar-refractivity contribution is 0.103. The highest BCUT2D eigenvalue weighted by Gasteiger charge is 2.22. The Morgan fingerprint density at radius 2 is 1.79 bits per heavy atom. The molecule has 2 aromatic rings. The first-order chi connectivity index (χ1) is 8.95. The van der Waals surface area contributed by atoms with Gasteiger partial charge in [-0.1, -0.05) is 11.6 Å². The van der Waals surface area contributed by atoms with Crippen molar-refractivity contribution >= 4 is 5.78 Å². The molecular weight excluding hydrogens is 240 g/mol. The van der Waals surface area contributed by atoms with Gasteiger partial charge in [-0.3, -0.25) is 4.79 Å². The minimum absolute atomic E-state index is 0.0487. The molecule has 0 radical (unpaired) electrons. The number of methoxy groups -OCH3 is 1. The fraction of sp³-hybridized carbons (Fsp3) is 0.312. The number of hydrogen-bond acceptors (Lipinski definition) is 3. The van der Waals surface area contributed by atoms with E-state index in [0.717, 1.165) is 16.9 Å². The molecule has 0 spiro atoms. The largest absolute Gasteiger partial charge is 0.496 e. The zero-order chi connectivity index (χ0) is 14.2. The molecular formula is C16H18O3. The van der Waals surface area contributed by atoms with Gasteiger partial charge >= 0.3 is 0 Å². The molecule has 1 aromatic heterocycles. The van der Waals surface area contributed by atoms with E-state index in [4.69, 9.17) is 9.15 Å². The Balaban J connectivity index is 2.59. The molecule has 0 saturated carbocycles. The molecule has 0 fully saturated rings. The predicted molar refractivity (Wildman–Crippen MR) is 74.1 cm³/mol. The number of benzene rings is 1. The highest BCUT2D eigenvalue weighted by molar-refractivity contribution is 6.12. The van der Waals surface area contributed by atoms with Gasteiger partial charge < -0.3 is 9.15 Å². The van der Waals surface area contributed by atoms with Gasteiger partial charge in [-0.25, -0.2) is 0 Å². The van der Waals surface area contributed by atoms with Crippen LogP contribution in [-0.4, -0.2) is 12.9 Å². The van der Waals surface area contributed by atoms with Gasteiger partial charge in [-0.05, 0) is 39.8 Å². The average Bonchev–Trinajstić information content (AvgIpc) is 2.62. The van der Waals surface area contributed by atoms with Crippen molar-refractivity contribution in [3.63, 3.8) is 0 Å². The number of carbonyl (C=O) groups excluding carboxylic acids is 1. The molecule has 3 nitrogen and oxygen atoms in total. The maximum Gasteiger partial charge on any atom is 0.200 e. The smallest absolute Gasteiger partial charge is 0.200 e. The quantitative estimate of drug-likeness (QED) is 0.787. The highest BCUT2D eigenvalue weighted by Crippen LogP contribution is 2.28. The molecule has 0 aliphatic heterocycles. The second-order valence-corrected chi connectivity index (χ2v) is 4.75. The molecule has 0 saturated heterocycles. The zero-order valence-corrected chi connectivity index (χ0v) is 12.0. The van der Waals surface area contributed by atoms with Gasteiger partial charge in [0.1, 0.15) is 17.3 Å². The summed E-state index contributed by atoms with van der Waals surface area (Å²) in [6.07, 6.45) is 0. The summed E-state index contributed by atoms with van der Waals surface area (Å²) in [5.74, 6) is 1.98. The fourth-order valence-corrected chi connectivity index (χ4v) is 2.26. The van der Waals surface area contributed by atoms with Crippen LogP contribution in [0.5, 0.6) is 5.75 Å². The third-order valence-corrected chi connectivity index (χ3v) is 3.39. The summed E-state index contributed by atoms with van der Waals surface area (Å²) in [4.78, 5) is 12.7. The minimum atomic E-state index is -0.0487. The number of rotatable bonds is 3. The van der Waals surface area contributed by atoms with Crippen LogP contribution >= 0.6 is 0 Å². The fourth-order valence-electron chi connectivity index (χ4n) is 2.26. The molecule has 3 heteroatoms. The summed E-state index contributed by atoms with van der Waals surface area (Å²) >= 11 is 0. The normalized spacial score (nSPS) is 10.6. The van der Waals surface area contributed by atoms with Gasteiger partial charge in [0.15, 0.2) is 0 Å². The van der Waals surface area contributed by atoms with Crippen molar-refractivity contribution in [2.75, 3.05) is 7.11 Å². The van der Waals surface area contributed by atoms with Crippen LogP contribution in [0, 0.1) is 27.7 Å². The molecule has 0 N–H and O–H groups in total. The Morgan fingerprint density at radius 3 is 2.32 bits per heavy atom. The van der Waals surface area contributed by atoms with E-state index in [0.29, 0.717) is 22.6 Å². The first kappa shape index (κ1) is 13.4. The van der Waals surface area contributed by atoms with Gasteiger partial charge in [0.05, 0.1) is 18.2 Å². The van der Waals surface area contributed by atoms with Crippen LogP contribution in [0.2, 0.25) is 0 Å². The van der Waals surface area contributed by atoms with E-state index in [2.05, 4.69) is 0 Å². The summed E-state index contributed by atoms with van der Waals surface area (Å²) in [6, 6.07) is 5.60. The number of furan rings is 1. The van der Waals surface area contributed by atoms with E-state index in [1.165, 1.54) is 0 Å². The Morgan fingerprint density at radius 1 is 1.11 bits per heavy atom. The van der Waals surface area contributed by atoms with E-state index >= 15 is 0 Å². The molecule has 1 aromatic carbocycles. The van der Waals surface area contributed by atoms with E-state index in [-0.39, 0.29) is 5.78 Å². The van der Waals surface area contributed by atoms with E-state index in [9.17, 15) is 4.79 Å². The van der Waals surface area contributed by atoms with Crippen molar-refractivity contribution < 1.29 is 13.9 Å². The highest BCUT2D eigenvalue weighted by atomic mass is 16.5. The Labute approximate surface area is 113 Å². The molecule has 1 heterocycles. The zero-order valence-electron chi connectivity index (χ0n) is 12.0. The number of hydrogen-bond donors (Lipinski definition) is 0. The second kappa shape index (κ2) is 4.92. The molecule has 19 heavy (non-hydrogen) atoms. The van der Waals surface area contributed by atoms with Crippen molar-refractivity contribution in [2.24, 2.45) is 0 Å². The molecule has 2 rings (SSSR count). The standard InChI is InChI=1S/C16H18O3/c1-9-6-7-14(18-5)13(8-9)16(17)15-10(2)11(3)19-12(15)4/h6-8H,1-5H3. The minimum Gasteiger partial charge on any atom is -0.496 e. The molecule has 0 aliphatic rings. The van der Waals surface area contributed by atoms with Crippen LogP contribution in [0.1, 0.15) is 38.6 Å². The summed E-state index contributed by atoms with van der Waals surface area (Å²) in [5, 5.41) is 0. The first-order valence-electron chi connectivity index (χ1n) is 6.21. The first-order valence-corrected chi connectivity index (χ1v) is 6.21. The molecule has 0 bridgehead atoms. The number of carbonyl (C=O) groups is 1. The summed E-state index contributed by atoms with van der Waals surface area (Å²) in [7, 11) is 1.57. The lowest BCUT2D eigenvalue weighted by Gasteiger charge is -2.08. The molecule has 100 valence electrons. The Bertz CT molecular complexity index is 636. The lowest BCUT2D eigenvalue weighted by Crippen LogP contribution is -2.06. The van der Waals surface area contributed by atoms with Gasteiger partial charge in [0.25, 0.3) is 0 Å². The maximum absolute atomic E-state index is 12.7. The van der Waals surface area contributed by atoms with Gasteiger partial charge in [0.2, 0.25) is 5.78 Å². The van der Waals surface area contributed by atoms with Crippen LogP contribution in [0.4, 0.5) is 0 Å². The third kappa shape index (κ3) is 2.28. The van der Waals surface area contributed by atoms with Crippen molar-refractivity contribution in [3.8, 4) is 5.75 Å². The summed E-state index contributed by atoms with van der Waals surface area (Å²) < 4.78 is 10.8. The van der Waals surface area contributed by atoms with Crippen molar-refractivity contribution in [1.29, 1.82) is 0 Å². The summed E-state index contributed by atoms with van der Waals surface area (Å²) in [6.45, 7) is 7.54. The molecule has 0 amide bonds. The van der Waals surface area contributed by atoms with E-state index in [1.807, 2.05) is 45.9 Å². The monoisotopic (exact) mass is 258 g/mol. The third-order valence-electron chi connectivity index (χ3n) is 3.39. The topological polar surface area (TPSA) is 39.4 Å². The predicted octanol–water partition coefficient (Wildman–Crippen LogP) is 3.75. The van der Waals surface area contributed by atoms with Gasteiger partial charge in [-0.15, -0.1) is 0 Å². The van der Waals surface area contributed by atoms with Crippen LogP contribution in [-0.2, 0) is 0 Å². The number of aryl methyl sites for hydroxylation is 3. The van der Waals surface area contributed by atoms with E-state index < -0.39 is 0 Å². The average molecular weight is 258 g/mol. The lowest BCUT2D eigenvalue weighted by atomic mass is 9.98. The van der Waals surface area contributed by atoms with Crippen LogP contribution in [0.15, 0.2) is 22.6 Å². The summed E-state index contributed by atoms with van der Waals surface area (Å²) in [5.41, 5.74) is 3.14. The van der Waals surface area contributed by atoms with Gasteiger partial charge in [-0.2, -0.15) is 0 Å². The molecule has 0 unspecified atom stereocenters. The maximum atomic E-state index is 12.7. The Kier molecular flexibility index (Phi) is 3.47. The van der Waals surface area contributed by atoms with Crippen molar-refractivity contribution in [2.45, 2.75) is 27.7 Å². The number of ether oxygens (including phenoxy) is 1. The molecule has 0 aliphatic carbocycles. The Hall–Kier alpha value is -2.03. The van der Waals surface area contributed by atoms with Crippen molar-refractivity contribution in [1.82, 2.24) is 0 Å². The van der Waals surface area contributed by atoms with Crippen molar-refractivity contribution in [3.05, 3.63) is 52.0 Å². The second-order valence-electron chi connectivity index (χ2n) is 4.75. The van der Waals surface area contributed by atoms with Gasteiger partial charge in [0, 0.05) is 5.56 Å². The van der Waals surface area contributed by atoms with Crippen LogP contribution in [0.25, 0.3) is 0 Å². The van der Waals surface area contributed by atoms with Crippen LogP contribution < -0.4 is 4.74 Å². The SMILES string of the molecule is COc1ccc(C)cc1C(=O)c1c(C)oc(C)c1C. The number of ketones is 1. The van der Waals surface area contributed by atoms with E-state index in [1.54, 1.807) is 7.11 Å². The molecule has 0 atom stereocenters. The van der Waals surface area contributed by atoms with Crippen LogP contribution in [0.3, 0.4) is 0 Å².